The van der Waals surface area contributed by atoms with E-state index in [1.165, 1.54) is 5.56 Å². The fraction of sp³-hybridized carbons (Fsp3) is 0.268. The van der Waals surface area contributed by atoms with Crippen molar-refractivity contribution in [2.24, 2.45) is 0 Å². The van der Waals surface area contributed by atoms with Gasteiger partial charge in [0.15, 0.2) is 11.5 Å². The average Bonchev–Trinajstić information content (AvgIpc) is 3.67. The topological polar surface area (TPSA) is 150 Å². The van der Waals surface area contributed by atoms with E-state index in [1.807, 2.05) is 72.8 Å². The van der Waals surface area contributed by atoms with Gasteiger partial charge in [0.1, 0.15) is 23.1 Å². The van der Waals surface area contributed by atoms with E-state index in [-0.39, 0.29) is 18.8 Å². The molecule has 2 aromatic heterocycles. The number of nitrogen functional groups attached to an aromatic ring is 1. The van der Waals surface area contributed by atoms with Crippen LogP contribution in [0.4, 0.5) is 29.5 Å². The molecule has 274 valence electrons. The predicted molar refractivity (Wildman–Crippen MR) is 208 cm³/mol. The molecule has 1 fully saturated rings. The summed E-state index contributed by atoms with van der Waals surface area (Å²) in [6.45, 7) is 4.33. The molecular formula is C41H42N10O3. The van der Waals surface area contributed by atoms with Gasteiger partial charge >= 0.3 is 0 Å². The van der Waals surface area contributed by atoms with Gasteiger partial charge in [-0.25, -0.2) is 4.98 Å². The Kier molecular flexibility index (Phi) is 10.3. The molecule has 1 unspecified atom stereocenters. The Morgan fingerprint density at radius 2 is 1.44 bits per heavy atom. The van der Waals surface area contributed by atoms with Crippen molar-refractivity contribution in [2.45, 2.75) is 45.1 Å². The van der Waals surface area contributed by atoms with Gasteiger partial charge in [-0.2, -0.15) is 24.9 Å². The van der Waals surface area contributed by atoms with Crippen molar-refractivity contribution in [1.82, 2.24) is 29.9 Å². The number of hydrogen-bond acceptors (Lipinski definition) is 13. The zero-order valence-corrected chi connectivity index (χ0v) is 30.1. The maximum atomic E-state index is 6.27. The number of nitrogens with two attached hydrogens (primary N) is 1. The number of nitrogens with one attached hydrogen (secondary N) is 1. The van der Waals surface area contributed by atoms with E-state index in [0.717, 1.165) is 71.6 Å². The monoisotopic (exact) mass is 722 g/mol. The number of aryl methyl sites for hydroxylation is 3. The molecule has 0 radical (unpaired) electrons. The van der Waals surface area contributed by atoms with E-state index < -0.39 is 0 Å². The number of benzene rings is 4. The summed E-state index contributed by atoms with van der Waals surface area (Å²) in [7, 11) is 0. The largest absolute Gasteiger partial charge is 0.457 e. The van der Waals surface area contributed by atoms with Crippen molar-refractivity contribution < 1.29 is 14.2 Å². The van der Waals surface area contributed by atoms with Crippen molar-refractivity contribution in [3.05, 3.63) is 126 Å². The van der Waals surface area contributed by atoms with Gasteiger partial charge in [-0.1, -0.05) is 61.5 Å². The second kappa shape index (κ2) is 16.0. The SMILES string of the molecule is CCCc1nc(CCc2ccc3c(c2)OCO3)nc(N2CCN(c3nc(N)nc(Nc4ccc(Oc5ccccc5)cc4)n3)CC2Cc2ccccc2)n1. The minimum absolute atomic E-state index is 0.0197. The highest BCUT2D eigenvalue weighted by molar-refractivity contribution is 5.57. The minimum atomic E-state index is 0.0197. The Labute approximate surface area is 314 Å². The first-order valence-corrected chi connectivity index (χ1v) is 18.3. The van der Waals surface area contributed by atoms with Crippen molar-refractivity contribution >= 4 is 29.5 Å². The molecule has 0 aliphatic carbocycles. The minimum Gasteiger partial charge on any atom is -0.457 e. The predicted octanol–water partition coefficient (Wildman–Crippen LogP) is 6.58. The molecular weight excluding hydrogens is 681 g/mol. The molecule has 1 atom stereocenters. The van der Waals surface area contributed by atoms with E-state index in [1.54, 1.807) is 0 Å². The van der Waals surface area contributed by atoms with Crippen LogP contribution >= 0.6 is 0 Å². The van der Waals surface area contributed by atoms with Crippen LogP contribution in [-0.4, -0.2) is 62.4 Å². The van der Waals surface area contributed by atoms with E-state index >= 15 is 0 Å². The number of ether oxygens (including phenoxy) is 3. The molecule has 3 N–H and O–H groups in total. The lowest BCUT2D eigenvalue weighted by molar-refractivity contribution is 0.174. The Balaban J connectivity index is 1.01. The van der Waals surface area contributed by atoms with Crippen molar-refractivity contribution in [3.8, 4) is 23.0 Å². The Hall–Kier alpha value is -6.50. The zero-order chi connectivity index (χ0) is 36.7. The molecule has 4 aromatic carbocycles. The summed E-state index contributed by atoms with van der Waals surface area (Å²) in [5, 5.41) is 3.29. The van der Waals surface area contributed by atoms with Gasteiger partial charge in [-0.15, -0.1) is 0 Å². The molecule has 6 aromatic rings. The Bertz CT molecular complexity index is 2170. The first-order chi connectivity index (χ1) is 26.5. The molecule has 54 heavy (non-hydrogen) atoms. The third-order valence-corrected chi connectivity index (χ3v) is 9.33. The number of anilines is 5. The summed E-state index contributed by atoms with van der Waals surface area (Å²) in [5.74, 6) is 6.37. The molecule has 0 spiro atoms. The number of rotatable bonds is 13. The number of piperazine rings is 1. The maximum Gasteiger partial charge on any atom is 0.233 e. The molecule has 13 nitrogen and oxygen atoms in total. The molecule has 1 saturated heterocycles. The lowest BCUT2D eigenvalue weighted by atomic mass is 10.0. The molecule has 2 aliphatic heterocycles. The number of aromatic nitrogens is 6. The highest BCUT2D eigenvalue weighted by Gasteiger charge is 2.31. The summed E-state index contributed by atoms with van der Waals surface area (Å²) >= 11 is 0. The maximum absolute atomic E-state index is 6.27. The second-order valence-corrected chi connectivity index (χ2v) is 13.3. The van der Waals surface area contributed by atoms with Crippen LogP contribution in [0.25, 0.3) is 0 Å². The van der Waals surface area contributed by atoms with Gasteiger partial charge < -0.3 is 35.1 Å². The second-order valence-electron chi connectivity index (χ2n) is 13.3. The zero-order valence-electron chi connectivity index (χ0n) is 30.1. The van der Waals surface area contributed by atoms with Crippen LogP contribution < -0.4 is 35.1 Å². The van der Waals surface area contributed by atoms with Crippen molar-refractivity contribution in [1.29, 1.82) is 0 Å². The Morgan fingerprint density at radius 3 is 2.24 bits per heavy atom. The van der Waals surface area contributed by atoms with E-state index in [4.69, 9.17) is 39.9 Å². The van der Waals surface area contributed by atoms with Gasteiger partial charge in [0.25, 0.3) is 0 Å². The molecule has 2 aliphatic rings. The first-order valence-electron chi connectivity index (χ1n) is 18.3. The molecule has 8 rings (SSSR count). The fourth-order valence-corrected chi connectivity index (χ4v) is 6.68. The van der Waals surface area contributed by atoms with Crippen LogP contribution in [-0.2, 0) is 25.7 Å². The summed E-state index contributed by atoms with van der Waals surface area (Å²) in [6, 6.07) is 33.9. The number of para-hydroxylation sites is 1. The average molecular weight is 723 g/mol. The quantitative estimate of drug-likeness (QED) is 0.132. The van der Waals surface area contributed by atoms with Crippen molar-refractivity contribution in [2.75, 3.05) is 47.3 Å². The molecule has 4 heterocycles. The smallest absolute Gasteiger partial charge is 0.233 e. The number of nitrogens with zero attached hydrogens (tertiary/aromatic N) is 8. The van der Waals surface area contributed by atoms with Crippen LogP contribution in [0.3, 0.4) is 0 Å². The molecule has 0 bridgehead atoms. The first kappa shape index (κ1) is 34.6. The Morgan fingerprint density at radius 1 is 0.704 bits per heavy atom. The van der Waals surface area contributed by atoms with E-state index in [9.17, 15) is 0 Å². The lowest BCUT2D eigenvalue weighted by Crippen LogP contribution is -2.55. The van der Waals surface area contributed by atoms with Gasteiger partial charge in [-0.05, 0) is 78.9 Å². The standard InChI is InChI=1S/C41H42N10O3/c1-2-9-36-44-37(21-15-29-14-20-34-35(25-29)53-27-52-34)46-41(45-36)51-23-22-50(26-31(51)24-28-10-5-3-6-11-28)40-48-38(42)47-39(49-40)43-30-16-18-33(19-17-30)54-32-12-7-4-8-13-32/h3-8,10-14,16-20,25,31H,2,9,15,21-24,26-27H2,1H3,(H3,42,43,47,48,49). The summed E-state index contributed by atoms with van der Waals surface area (Å²) < 4.78 is 17.0. The van der Waals surface area contributed by atoms with Crippen LogP contribution in [0.2, 0.25) is 0 Å². The third-order valence-electron chi connectivity index (χ3n) is 9.33. The van der Waals surface area contributed by atoms with Gasteiger partial charge in [0.2, 0.25) is 30.6 Å². The van der Waals surface area contributed by atoms with Crippen LogP contribution in [0.15, 0.2) is 103 Å². The van der Waals surface area contributed by atoms with Gasteiger partial charge in [0, 0.05) is 38.2 Å². The summed E-state index contributed by atoms with van der Waals surface area (Å²) in [6.07, 6.45) is 3.95. The molecule has 0 amide bonds. The number of hydrogen-bond donors (Lipinski definition) is 2. The van der Waals surface area contributed by atoms with Crippen LogP contribution in [0.1, 0.15) is 36.1 Å². The van der Waals surface area contributed by atoms with Crippen LogP contribution in [0.5, 0.6) is 23.0 Å². The van der Waals surface area contributed by atoms with Gasteiger partial charge in [0.05, 0.1) is 6.04 Å². The van der Waals surface area contributed by atoms with E-state index in [2.05, 4.69) is 62.3 Å². The number of fused-ring (bicyclic) bond motifs is 1. The fourth-order valence-electron chi connectivity index (χ4n) is 6.68. The summed E-state index contributed by atoms with van der Waals surface area (Å²) in [5.41, 5.74) is 9.43. The van der Waals surface area contributed by atoms with Crippen molar-refractivity contribution in [3.63, 3.8) is 0 Å². The van der Waals surface area contributed by atoms with Gasteiger partial charge in [-0.3, -0.25) is 0 Å². The van der Waals surface area contributed by atoms with E-state index in [0.29, 0.717) is 43.9 Å². The lowest BCUT2D eigenvalue weighted by Gasteiger charge is -2.41. The third kappa shape index (κ3) is 8.41. The normalized spacial score (nSPS) is 14.9. The highest BCUT2D eigenvalue weighted by Crippen LogP contribution is 2.33. The molecule has 0 saturated carbocycles. The summed E-state index contributed by atoms with van der Waals surface area (Å²) in [4.78, 5) is 33.2. The highest BCUT2D eigenvalue weighted by atomic mass is 16.7. The molecule has 13 heteroatoms. The van der Waals surface area contributed by atoms with Crippen LogP contribution in [0, 0.1) is 0 Å².